The van der Waals surface area contributed by atoms with Crippen molar-refractivity contribution < 1.29 is 14.8 Å². The van der Waals surface area contributed by atoms with Crippen molar-refractivity contribution in [1.29, 1.82) is 0 Å². The number of aromatic nitrogens is 1. The van der Waals surface area contributed by atoms with Crippen molar-refractivity contribution in [2.45, 2.75) is 18.9 Å². The van der Waals surface area contributed by atoms with Crippen molar-refractivity contribution in [2.75, 3.05) is 6.54 Å². The van der Waals surface area contributed by atoms with Crippen molar-refractivity contribution in [1.82, 2.24) is 9.88 Å². The van der Waals surface area contributed by atoms with E-state index in [2.05, 4.69) is 4.98 Å². The minimum Gasteiger partial charge on any atom is -0.502 e. The summed E-state index contributed by atoms with van der Waals surface area (Å²) in [6, 6.07) is 11.4. The van der Waals surface area contributed by atoms with Gasteiger partial charge in [-0.15, -0.1) is 11.3 Å². The van der Waals surface area contributed by atoms with Crippen LogP contribution in [0.15, 0.2) is 42.5 Å². The van der Waals surface area contributed by atoms with Crippen molar-refractivity contribution in [3.8, 4) is 5.75 Å². The van der Waals surface area contributed by atoms with Gasteiger partial charge in [0.05, 0.1) is 21.2 Å². The molecule has 7 nitrogen and oxygen atoms in total. The highest BCUT2D eigenvalue weighted by molar-refractivity contribution is 7.18. The minimum atomic E-state index is -0.677. The third kappa shape index (κ3) is 2.78. The van der Waals surface area contributed by atoms with Gasteiger partial charge in [0, 0.05) is 18.2 Å². The predicted molar refractivity (Wildman–Crippen MR) is 97.4 cm³/mol. The molecule has 132 valence electrons. The lowest BCUT2D eigenvalue weighted by atomic mass is 10.1. The Kier molecular flexibility index (Phi) is 4.04. The van der Waals surface area contributed by atoms with E-state index in [0.29, 0.717) is 6.54 Å². The van der Waals surface area contributed by atoms with Crippen LogP contribution in [0.4, 0.5) is 5.69 Å². The number of carbonyl (C=O) groups excluding carboxylic acids is 1. The first-order valence-electron chi connectivity index (χ1n) is 8.18. The van der Waals surface area contributed by atoms with Gasteiger partial charge in [0.15, 0.2) is 5.75 Å². The zero-order chi connectivity index (χ0) is 18.3. The zero-order valence-corrected chi connectivity index (χ0v) is 14.5. The maximum atomic E-state index is 12.9. The smallest absolute Gasteiger partial charge is 0.310 e. The second-order valence-electron chi connectivity index (χ2n) is 6.14. The Morgan fingerprint density at radius 2 is 2.12 bits per heavy atom. The summed E-state index contributed by atoms with van der Waals surface area (Å²) in [6.45, 7) is 0.594. The van der Waals surface area contributed by atoms with Crippen LogP contribution in [0, 0.1) is 10.1 Å². The largest absolute Gasteiger partial charge is 0.502 e. The molecule has 1 aliphatic rings. The van der Waals surface area contributed by atoms with Crippen LogP contribution < -0.4 is 0 Å². The number of nitro benzene ring substituents is 1. The molecule has 1 saturated heterocycles. The second kappa shape index (κ2) is 6.38. The molecule has 0 spiro atoms. The van der Waals surface area contributed by atoms with E-state index in [1.807, 2.05) is 24.3 Å². The standard InChI is InChI=1S/C18H15N3O4S/c22-15-10-11(7-8-13(15)21(24)25)18(23)20-9-3-5-14(20)17-19-12-4-1-2-6-16(12)26-17/h1-2,4,6-8,10,14,22H,3,5,9H2/t14-/m0/s1. The van der Waals surface area contributed by atoms with Gasteiger partial charge in [-0.05, 0) is 37.1 Å². The third-order valence-electron chi connectivity index (χ3n) is 4.53. The number of nitrogens with zero attached hydrogens (tertiary/aromatic N) is 3. The number of fused-ring (bicyclic) bond motifs is 1. The summed E-state index contributed by atoms with van der Waals surface area (Å²) in [7, 11) is 0. The number of aromatic hydroxyl groups is 1. The van der Waals surface area contributed by atoms with Crippen LogP contribution in [0.1, 0.15) is 34.2 Å². The number of para-hydroxylation sites is 1. The van der Waals surface area contributed by atoms with E-state index in [1.165, 1.54) is 6.07 Å². The van der Waals surface area contributed by atoms with Gasteiger partial charge in [0.1, 0.15) is 5.01 Å². The zero-order valence-electron chi connectivity index (χ0n) is 13.7. The van der Waals surface area contributed by atoms with Gasteiger partial charge < -0.3 is 10.0 Å². The second-order valence-corrected chi connectivity index (χ2v) is 7.20. The molecule has 0 saturated carbocycles. The summed E-state index contributed by atoms with van der Waals surface area (Å²) in [5, 5.41) is 21.5. The lowest BCUT2D eigenvalue weighted by Gasteiger charge is -2.23. The SMILES string of the molecule is O=C(c1ccc([N+](=O)[O-])c(O)c1)N1CCC[C@H]1c1nc2ccccc2s1. The number of phenolic OH excluding ortho intramolecular Hbond substituents is 1. The molecular formula is C18H15N3O4S. The molecule has 1 amide bonds. The molecule has 4 rings (SSSR count). The molecule has 1 aliphatic heterocycles. The fourth-order valence-electron chi connectivity index (χ4n) is 3.28. The lowest BCUT2D eigenvalue weighted by Crippen LogP contribution is -2.30. The van der Waals surface area contributed by atoms with Crippen molar-refractivity contribution >= 4 is 33.1 Å². The number of hydrogen-bond acceptors (Lipinski definition) is 6. The monoisotopic (exact) mass is 369 g/mol. The van der Waals surface area contributed by atoms with Crippen molar-refractivity contribution in [2.24, 2.45) is 0 Å². The van der Waals surface area contributed by atoms with E-state index >= 15 is 0 Å². The Labute approximate surface area is 152 Å². The highest BCUT2D eigenvalue weighted by Gasteiger charge is 2.33. The normalized spacial score (nSPS) is 16.9. The van der Waals surface area contributed by atoms with Gasteiger partial charge in [-0.25, -0.2) is 4.98 Å². The number of thiazole rings is 1. The number of nitro groups is 1. The van der Waals surface area contributed by atoms with E-state index in [-0.39, 0.29) is 17.5 Å². The average Bonchev–Trinajstić information content (AvgIpc) is 3.26. The van der Waals surface area contributed by atoms with E-state index in [9.17, 15) is 20.0 Å². The summed E-state index contributed by atoms with van der Waals surface area (Å²) in [4.78, 5) is 29.4. The number of amides is 1. The molecule has 1 aromatic heterocycles. The Morgan fingerprint density at radius 3 is 2.85 bits per heavy atom. The Balaban J connectivity index is 1.64. The summed E-state index contributed by atoms with van der Waals surface area (Å²) in [5.74, 6) is -0.756. The Bertz CT molecular complexity index is 984. The van der Waals surface area contributed by atoms with Crippen LogP contribution in [0.5, 0.6) is 5.75 Å². The molecule has 2 heterocycles. The van der Waals surface area contributed by atoms with Gasteiger partial charge in [0.25, 0.3) is 5.91 Å². The van der Waals surface area contributed by atoms with Crippen LogP contribution in [-0.2, 0) is 0 Å². The first-order valence-corrected chi connectivity index (χ1v) is 9.00. The first kappa shape index (κ1) is 16.5. The van der Waals surface area contributed by atoms with Crippen LogP contribution in [-0.4, -0.2) is 32.4 Å². The summed E-state index contributed by atoms with van der Waals surface area (Å²) in [6.07, 6.45) is 1.69. The fourth-order valence-corrected chi connectivity index (χ4v) is 4.39. The lowest BCUT2D eigenvalue weighted by molar-refractivity contribution is -0.385. The molecule has 3 aromatic rings. The topological polar surface area (TPSA) is 96.6 Å². The summed E-state index contributed by atoms with van der Waals surface area (Å²) in [5.41, 5.74) is 0.742. The van der Waals surface area contributed by atoms with Gasteiger partial charge >= 0.3 is 5.69 Å². The average molecular weight is 369 g/mol. The van der Waals surface area contributed by atoms with Crippen molar-refractivity contribution in [3.63, 3.8) is 0 Å². The van der Waals surface area contributed by atoms with E-state index in [1.54, 1.807) is 16.2 Å². The fraction of sp³-hybridized carbons (Fsp3) is 0.222. The van der Waals surface area contributed by atoms with Crippen LogP contribution >= 0.6 is 11.3 Å². The van der Waals surface area contributed by atoms with Crippen LogP contribution in [0.3, 0.4) is 0 Å². The maximum Gasteiger partial charge on any atom is 0.310 e. The molecule has 1 N–H and O–H groups in total. The maximum absolute atomic E-state index is 12.9. The molecule has 1 fully saturated rings. The molecular weight excluding hydrogens is 354 g/mol. The summed E-state index contributed by atoms with van der Waals surface area (Å²) < 4.78 is 1.08. The number of hydrogen-bond donors (Lipinski definition) is 1. The molecule has 8 heteroatoms. The van der Waals surface area contributed by atoms with E-state index in [4.69, 9.17) is 0 Å². The molecule has 26 heavy (non-hydrogen) atoms. The van der Waals surface area contributed by atoms with Crippen LogP contribution in [0.25, 0.3) is 10.2 Å². The van der Waals surface area contributed by atoms with Gasteiger partial charge in [-0.3, -0.25) is 14.9 Å². The number of carbonyl (C=O) groups is 1. The number of phenols is 1. The highest BCUT2D eigenvalue weighted by atomic mass is 32.1. The first-order chi connectivity index (χ1) is 12.5. The third-order valence-corrected chi connectivity index (χ3v) is 5.67. The quantitative estimate of drug-likeness (QED) is 0.558. The molecule has 0 aliphatic carbocycles. The van der Waals surface area contributed by atoms with Gasteiger partial charge in [-0.2, -0.15) is 0 Å². The molecule has 0 unspecified atom stereocenters. The van der Waals surface area contributed by atoms with E-state index < -0.39 is 16.4 Å². The minimum absolute atomic E-state index is 0.114. The predicted octanol–water partition coefficient (Wildman–Crippen LogP) is 3.89. The number of likely N-dealkylation sites (tertiary alicyclic amines) is 1. The molecule has 1 atom stereocenters. The number of benzene rings is 2. The molecule has 0 radical (unpaired) electrons. The van der Waals surface area contributed by atoms with Crippen LogP contribution in [0.2, 0.25) is 0 Å². The van der Waals surface area contributed by atoms with E-state index in [0.717, 1.165) is 40.2 Å². The summed E-state index contributed by atoms with van der Waals surface area (Å²) >= 11 is 1.58. The van der Waals surface area contributed by atoms with Gasteiger partial charge in [0.2, 0.25) is 0 Å². The number of rotatable bonds is 3. The Morgan fingerprint density at radius 1 is 1.31 bits per heavy atom. The highest BCUT2D eigenvalue weighted by Crippen LogP contribution is 2.37. The molecule has 0 bridgehead atoms. The Hall–Kier alpha value is -3.00. The molecule has 2 aromatic carbocycles. The van der Waals surface area contributed by atoms with Crippen molar-refractivity contribution in [3.05, 3.63) is 63.1 Å². The van der Waals surface area contributed by atoms with Gasteiger partial charge in [-0.1, -0.05) is 12.1 Å².